The molecule has 0 aromatic carbocycles. The van der Waals surface area contributed by atoms with Gasteiger partial charge in [0, 0.05) is 19.6 Å². The highest BCUT2D eigenvalue weighted by Gasteiger charge is 2.31. The second kappa shape index (κ2) is 6.09. The van der Waals surface area contributed by atoms with Gasteiger partial charge in [0.25, 0.3) is 0 Å². The van der Waals surface area contributed by atoms with Crippen molar-refractivity contribution in [3.63, 3.8) is 0 Å². The van der Waals surface area contributed by atoms with E-state index in [1.54, 1.807) is 4.90 Å². The molecule has 1 fully saturated rings. The molecular weight excluding hydrogens is 268 g/mol. The maximum absolute atomic E-state index is 11.8. The van der Waals surface area contributed by atoms with Crippen LogP contribution in [0.3, 0.4) is 0 Å². The second-order valence-corrected chi connectivity index (χ2v) is 8.21. The van der Waals surface area contributed by atoms with Crippen molar-refractivity contribution >= 4 is 15.9 Å². The summed E-state index contributed by atoms with van der Waals surface area (Å²) in [6.07, 6.45) is 0.328. The molecule has 19 heavy (non-hydrogen) atoms. The van der Waals surface area contributed by atoms with Crippen LogP contribution in [0.2, 0.25) is 0 Å². The highest BCUT2D eigenvalue weighted by molar-refractivity contribution is 7.91. The minimum atomic E-state index is -3.10. The number of carbonyl (C=O) groups is 1. The molecule has 1 aliphatic heterocycles. The molecule has 1 atom stereocenters. The summed E-state index contributed by atoms with van der Waals surface area (Å²) in [6.45, 7) is 6.57. The fraction of sp³-hybridized carbons (Fsp3) is 0.917. The number of sulfone groups is 1. The Morgan fingerprint density at radius 1 is 1.42 bits per heavy atom. The Morgan fingerprint density at radius 3 is 2.58 bits per heavy atom. The van der Waals surface area contributed by atoms with E-state index in [1.165, 1.54) is 0 Å². The number of hydrogen-bond acceptors (Lipinski definition) is 5. The van der Waals surface area contributed by atoms with Crippen molar-refractivity contribution in [1.29, 1.82) is 0 Å². The molecule has 0 aliphatic carbocycles. The standard InChI is InChI=1S/C12H24N2O4S/c1-12(2,3)18-11(15)14-6-4-10(8-14)9-19(16,17)7-5-13/h10H,4-9,13H2,1-3H3. The summed E-state index contributed by atoms with van der Waals surface area (Å²) in [6, 6.07) is 0. The number of carbonyl (C=O) groups excluding carboxylic acids is 1. The topological polar surface area (TPSA) is 89.7 Å². The van der Waals surface area contributed by atoms with E-state index in [2.05, 4.69) is 0 Å². The molecule has 7 heteroatoms. The number of amides is 1. The fourth-order valence-corrected chi connectivity index (χ4v) is 3.60. The highest BCUT2D eigenvalue weighted by Crippen LogP contribution is 2.20. The summed E-state index contributed by atoms with van der Waals surface area (Å²) < 4.78 is 28.6. The molecule has 0 radical (unpaired) electrons. The van der Waals surface area contributed by atoms with Crippen molar-refractivity contribution in [2.45, 2.75) is 32.8 Å². The second-order valence-electron chi connectivity index (χ2n) is 5.98. The van der Waals surface area contributed by atoms with E-state index in [1.807, 2.05) is 20.8 Å². The van der Waals surface area contributed by atoms with Gasteiger partial charge in [0.15, 0.2) is 9.84 Å². The Morgan fingerprint density at radius 2 is 2.05 bits per heavy atom. The first-order valence-corrected chi connectivity index (χ1v) is 8.33. The summed E-state index contributed by atoms with van der Waals surface area (Å²) in [4.78, 5) is 13.4. The SMILES string of the molecule is CC(C)(C)OC(=O)N1CCC(CS(=O)(=O)CCN)C1. The molecule has 1 amide bonds. The van der Waals surface area contributed by atoms with Crippen LogP contribution in [0.4, 0.5) is 4.79 Å². The lowest BCUT2D eigenvalue weighted by Gasteiger charge is -2.24. The van der Waals surface area contributed by atoms with Crippen LogP contribution in [0.1, 0.15) is 27.2 Å². The van der Waals surface area contributed by atoms with Crippen molar-refractivity contribution in [2.75, 3.05) is 31.1 Å². The smallest absolute Gasteiger partial charge is 0.410 e. The molecule has 0 bridgehead atoms. The zero-order chi connectivity index (χ0) is 14.7. The molecule has 0 aromatic rings. The van der Waals surface area contributed by atoms with Gasteiger partial charge >= 0.3 is 6.09 Å². The van der Waals surface area contributed by atoms with E-state index in [0.29, 0.717) is 19.5 Å². The number of hydrogen-bond donors (Lipinski definition) is 1. The van der Waals surface area contributed by atoms with Gasteiger partial charge in [0.1, 0.15) is 5.60 Å². The van der Waals surface area contributed by atoms with Crippen molar-refractivity contribution in [1.82, 2.24) is 4.90 Å². The number of ether oxygens (including phenoxy) is 1. The highest BCUT2D eigenvalue weighted by atomic mass is 32.2. The minimum absolute atomic E-state index is 0.00986. The van der Waals surface area contributed by atoms with Crippen LogP contribution >= 0.6 is 0 Å². The normalized spacial score (nSPS) is 20.6. The predicted molar refractivity (Wildman–Crippen MR) is 73.6 cm³/mol. The zero-order valence-electron chi connectivity index (χ0n) is 11.9. The van der Waals surface area contributed by atoms with Gasteiger partial charge in [-0.2, -0.15) is 0 Å². The Hall–Kier alpha value is -0.820. The van der Waals surface area contributed by atoms with E-state index in [4.69, 9.17) is 10.5 Å². The summed E-state index contributed by atoms with van der Waals surface area (Å²) in [5.41, 5.74) is 4.74. The van der Waals surface area contributed by atoms with E-state index in [9.17, 15) is 13.2 Å². The third-order valence-corrected chi connectivity index (χ3v) is 4.69. The monoisotopic (exact) mass is 292 g/mol. The molecule has 6 nitrogen and oxygen atoms in total. The molecule has 112 valence electrons. The molecule has 0 spiro atoms. The summed E-state index contributed by atoms with van der Waals surface area (Å²) >= 11 is 0. The van der Waals surface area contributed by atoms with Gasteiger partial charge in [-0.25, -0.2) is 13.2 Å². The van der Waals surface area contributed by atoms with Gasteiger partial charge in [-0.1, -0.05) is 0 Å². The van der Waals surface area contributed by atoms with Crippen LogP contribution in [0.5, 0.6) is 0 Å². The van der Waals surface area contributed by atoms with Crippen LogP contribution in [-0.2, 0) is 14.6 Å². The third-order valence-electron chi connectivity index (χ3n) is 2.86. The van der Waals surface area contributed by atoms with Crippen molar-refractivity contribution in [2.24, 2.45) is 11.7 Å². The van der Waals surface area contributed by atoms with Crippen LogP contribution in [0.25, 0.3) is 0 Å². The Bertz CT molecular complexity index is 414. The molecule has 1 aliphatic rings. The average molecular weight is 292 g/mol. The van der Waals surface area contributed by atoms with Gasteiger partial charge < -0.3 is 15.4 Å². The van der Waals surface area contributed by atoms with Crippen LogP contribution in [0.15, 0.2) is 0 Å². The Kier molecular flexibility index (Phi) is 5.20. The van der Waals surface area contributed by atoms with Gasteiger partial charge in [-0.15, -0.1) is 0 Å². The lowest BCUT2D eigenvalue weighted by atomic mass is 10.2. The van der Waals surface area contributed by atoms with Gasteiger partial charge in [-0.3, -0.25) is 0 Å². The molecule has 0 aromatic heterocycles. The number of rotatable bonds is 4. The van der Waals surface area contributed by atoms with Gasteiger partial charge in [0.2, 0.25) is 0 Å². The third kappa shape index (κ3) is 5.78. The maximum atomic E-state index is 11.8. The molecular formula is C12H24N2O4S. The largest absolute Gasteiger partial charge is 0.444 e. The van der Waals surface area contributed by atoms with Crippen LogP contribution in [-0.4, -0.2) is 56.2 Å². The Labute approximate surface area is 115 Å². The van der Waals surface area contributed by atoms with Crippen molar-refractivity contribution < 1.29 is 17.9 Å². The van der Waals surface area contributed by atoms with Crippen LogP contribution in [0, 0.1) is 5.92 Å². The number of nitrogens with two attached hydrogens (primary N) is 1. The first-order valence-electron chi connectivity index (χ1n) is 6.51. The van der Waals surface area contributed by atoms with Crippen molar-refractivity contribution in [3.05, 3.63) is 0 Å². The van der Waals surface area contributed by atoms with Crippen LogP contribution < -0.4 is 5.73 Å². The zero-order valence-corrected chi connectivity index (χ0v) is 12.7. The van der Waals surface area contributed by atoms with E-state index < -0.39 is 15.4 Å². The lowest BCUT2D eigenvalue weighted by Crippen LogP contribution is -2.36. The van der Waals surface area contributed by atoms with E-state index in [-0.39, 0.29) is 30.1 Å². The molecule has 1 heterocycles. The first kappa shape index (κ1) is 16.2. The summed E-state index contributed by atoms with van der Waals surface area (Å²) in [5, 5.41) is 0. The molecule has 1 unspecified atom stereocenters. The molecule has 1 saturated heterocycles. The van der Waals surface area contributed by atoms with Gasteiger partial charge in [0.05, 0.1) is 11.5 Å². The lowest BCUT2D eigenvalue weighted by molar-refractivity contribution is 0.0289. The average Bonchev–Trinajstić information content (AvgIpc) is 2.62. The quantitative estimate of drug-likeness (QED) is 0.820. The van der Waals surface area contributed by atoms with E-state index in [0.717, 1.165) is 0 Å². The number of likely N-dealkylation sites (tertiary alicyclic amines) is 1. The number of nitrogens with zero attached hydrogens (tertiary/aromatic N) is 1. The van der Waals surface area contributed by atoms with Crippen molar-refractivity contribution in [3.8, 4) is 0 Å². The molecule has 2 N–H and O–H groups in total. The maximum Gasteiger partial charge on any atom is 0.410 e. The predicted octanol–water partition coefficient (Wildman–Crippen LogP) is 0.617. The molecule has 0 saturated carbocycles. The molecule has 1 rings (SSSR count). The fourth-order valence-electron chi connectivity index (χ4n) is 2.08. The first-order chi connectivity index (χ1) is 8.63. The summed E-state index contributed by atoms with van der Waals surface area (Å²) in [5.74, 6) is 0.100. The minimum Gasteiger partial charge on any atom is -0.444 e. The Balaban J connectivity index is 2.48. The summed E-state index contributed by atoms with van der Waals surface area (Å²) in [7, 11) is -3.10. The van der Waals surface area contributed by atoms with E-state index >= 15 is 0 Å². The van der Waals surface area contributed by atoms with Gasteiger partial charge in [-0.05, 0) is 33.1 Å².